The summed E-state index contributed by atoms with van der Waals surface area (Å²) in [7, 11) is -1.07. The molecule has 0 saturated carbocycles. The van der Waals surface area contributed by atoms with Crippen LogP contribution in [0, 0.1) is 0 Å². The first-order chi connectivity index (χ1) is 8.18. The van der Waals surface area contributed by atoms with Crippen molar-refractivity contribution >= 4 is 16.7 Å². The number of likely N-dealkylation sites (tertiary alicyclic amines) is 1. The second-order valence-corrected chi connectivity index (χ2v) is 6.53. The molecule has 17 heavy (non-hydrogen) atoms. The highest BCUT2D eigenvalue weighted by Gasteiger charge is 2.31. The van der Waals surface area contributed by atoms with E-state index in [1.807, 2.05) is 11.8 Å². The smallest absolute Gasteiger partial charge is 0.235 e. The van der Waals surface area contributed by atoms with Crippen LogP contribution in [0.2, 0.25) is 0 Å². The molecule has 0 spiro atoms. The summed E-state index contributed by atoms with van der Waals surface area (Å²) in [6.07, 6.45) is 4.23. The van der Waals surface area contributed by atoms with Crippen molar-refractivity contribution in [2.24, 2.45) is 0 Å². The molecule has 0 bridgehead atoms. The standard InChI is InChI=1S/C12H21NO3S/c1-10-11(5-8-16-10)17(15)9-12(14)13-6-3-2-4-7-13/h10-11H,2-9H2,1H3/t10-,11+,17+/m1/s1. The minimum atomic E-state index is -1.07. The highest BCUT2D eigenvalue weighted by atomic mass is 32.2. The molecule has 5 heteroatoms. The highest BCUT2D eigenvalue weighted by Crippen LogP contribution is 2.19. The van der Waals surface area contributed by atoms with Gasteiger partial charge in [0.25, 0.3) is 0 Å². The maximum Gasteiger partial charge on any atom is 0.235 e. The van der Waals surface area contributed by atoms with Crippen LogP contribution in [0.1, 0.15) is 32.6 Å². The van der Waals surface area contributed by atoms with E-state index in [0.29, 0.717) is 6.61 Å². The van der Waals surface area contributed by atoms with E-state index < -0.39 is 10.8 Å². The minimum Gasteiger partial charge on any atom is -0.377 e. The molecule has 3 atom stereocenters. The third-order valence-electron chi connectivity index (χ3n) is 3.62. The first-order valence-corrected chi connectivity index (χ1v) is 7.83. The van der Waals surface area contributed by atoms with Crippen LogP contribution in [0.3, 0.4) is 0 Å². The van der Waals surface area contributed by atoms with Gasteiger partial charge in [-0.15, -0.1) is 0 Å². The zero-order valence-electron chi connectivity index (χ0n) is 10.4. The van der Waals surface area contributed by atoms with Crippen LogP contribution in [0.15, 0.2) is 0 Å². The normalized spacial score (nSPS) is 31.5. The summed E-state index contributed by atoms with van der Waals surface area (Å²) in [5, 5.41) is 0.0451. The molecule has 2 heterocycles. The van der Waals surface area contributed by atoms with Crippen molar-refractivity contribution in [2.75, 3.05) is 25.4 Å². The van der Waals surface area contributed by atoms with Gasteiger partial charge in [-0.2, -0.15) is 0 Å². The lowest BCUT2D eigenvalue weighted by molar-refractivity contribution is -0.129. The van der Waals surface area contributed by atoms with Crippen LogP contribution in [-0.4, -0.2) is 51.8 Å². The number of piperidine rings is 1. The molecule has 0 aromatic carbocycles. The molecule has 0 N–H and O–H groups in total. The Bertz CT molecular complexity index is 302. The summed E-state index contributed by atoms with van der Waals surface area (Å²) < 4.78 is 17.5. The number of rotatable bonds is 3. The van der Waals surface area contributed by atoms with E-state index in [2.05, 4.69) is 0 Å². The fourth-order valence-electron chi connectivity index (χ4n) is 2.52. The van der Waals surface area contributed by atoms with Gasteiger partial charge in [0, 0.05) is 30.5 Å². The van der Waals surface area contributed by atoms with E-state index in [1.54, 1.807) is 0 Å². The maximum atomic E-state index is 12.1. The van der Waals surface area contributed by atoms with E-state index in [4.69, 9.17) is 4.74 Å². The van der Waals surface area contributed by atoms with Crippen molar-refractivity contribution < 1.29 is 13.7 Å². The average molecular weight is 259 g/mol. The second kappa shape index (κ2) is 5.96. The monoisotopic (exact) mass is 259 g/mol. The molecule has 0 aliphatic carbocycles. The van der Waals surface area contributed by atoms with Gasteiger partial charge in [-0.05, 0) is 32.6 Å². The van der Waals surface area contributed by atoms with Crippen molar-refractivity contribution in [2.45, 2.75) is 44.0 Å². The summed E-state index contributed by atoms with van der Waals surface area (Å²) in [5.41, 5.74) is 0. The molecule has 2 aliphatic heterocycles. The predicted molar refractivity (Wildman–Crippen MR) is 67.3 cm³/mol. The predicted octanol–water partition coefficient (Wildman–Crippen LogP) is 0.925. The molecule has 0 radical (unpaired) electrons. The third kappa shape index (κ3) is 3.28. The van der Waals surface area contributed by atoms with Crippen LogP contribution in [0.4, 0.5) is 0 Å². The van der Waals surface area contributed by atoms with E-state index in [-0.39, 0.29) is 23.0 Å². The number of hydrogen-bond acceptors (Lipinski definition) is 3. The Morgan fingerprint density at radius 1 is 1.35 bits per heavy atom. The molecular formula is C12H21NO3S. The average Bonchev–Trinajstić information content (AvgIpc) is 2.76. The second-order valence-electron chi connectivity index (χ2n) is 4.87. The van der Waals surface area contributed by atoms with Gasteiger partial charge in [-0.25, -0.2) is 0 Å². The lowest BCUT2D eigenvalue weighted by atomic mass is 10.1. The van der Waals surface area contributed by atoms with Crippen molar-refractivity contribution in [3.05, 3.63) is 0 Å². The fourth-order valence-corrected chi connectivity index (χ4v) is 4.03. The van der Waals surface area contributed by atoms with Crippen LogP contribution < -0.4 is 0 Å². The highest BCUT2D eigenvalue weighted by molar-refractivity contribution is 7.86. The van der Waals surface area contributed by atoms with Crippen LogP contribution in [0.25, 0.3) is 0 Å². The van der Waals surface area contributed by atoms with Gasteiger partial charge >= 0.3 is 0 Å². The Kier molecular flexibility index (Phi) is 4.56. The van der Waals surface area contributed by atoms with Gasteiger partial charge < -0.3 is 9.64 Å². The van der Waals surface area contributed by atoms with Crippen LogP contribution in [-0.2, 0) is 20.3 Å². The molecular weight excluding hydrogens is 238 g/mol. The van der Waals surface area contributed by atoms with Crippen molar-refractivity contribution in [3.8, 4) is 0 Å². The minimum absolute atomic E-state index is 0.0324. The molecule has 2 rings (SSSR count). The lowest BCUT2D eigenvalue weighted by Crippen LogP contribution is -2.40. The summed E-state index contributed by atoms with van der Waals surface area (Å²) in [6, 6.07) is 0. The molecule has 0 aromatic heterocycles. The van der Waals surface area contributed by atoms with Gasteiger partial charge in [-0.1, -0.05) is 0 Å². The number of carbonyl (C=O) groups is 1. The van der Waals surface area contributed by atoms with Crippen molar-refractivity contribution in [1.82, 2.24) is 4.90 Å². The van der Waals surface area contributed by atoms with E-state index in [0.717, 1.165) is 32.4 Å². The zero-order valence-corrected chi connectivity index (χ0v) is 11.2. The summed E-state index contributed by atoms with van der Waals surface area (Å²) in [6.45, 7) is 4.30. The SMILES string of the molecule is C[C@H]1OCC[C@@H]1[S@@](=O)CC(=O)N1CCCCC1. The maximum absolute atomic E-state index is 12.1. The first-order valence-electron chi connectivity index (χ1n) is 6.45. The molecule has 0 unspecified atom stereocenters. The molecule has 4 nitrogen and oxygen atoms in total. The molecule has 2 aliphatic rings. The Hall–Kier alpha value is -0.420. The van der Waals surface area contributed by atoms with Crippen molar-refractivity contribution in [3.63, 3.8) is 0 Å². The summed E-state index contributed by atoms with van der Waals surface area (Å²) >= 11 is 0. The Morgan fingerprint density at radius 3 is 2.65 bits per heavy atom. The Morgan fingerprint density at radius 2 is 2.06 bits per heavy atom. The molecule has 0 aromatic rings. The first kappa shape index (κ1) is 13.0. The number of amides is 1. The Balaban J connectivity index is 1.83. The van der Waals surface area contributed by atoms with Gasteiger partial charge in [0.1, 0.15) is 5.75 Å². The Labute approximate surface area is 105 Å². The molecule has 2 saturated heterocycles. The number of carbonyl (C=O) groups excluding carboxylic acids is 1. The zero-order chi connectivity index (χ0) is 12.3. The van der Waals surface area contributed by atoms with Crippen LogP contribution in [0.5, 0.6) is 0 Å². The largest absolute Gasteiger partial charge is 0.377 e. The molecule has 1 amide bonds. The fraction of sp³-hybridized carbons (Fsp3) is 0.917. The lowest BCUT2D eigenvalue weighted by Gasteiger charge is -2.27. The molecule has 2 fully saturated rings. The van der Waals surface area contributed by atoms with Gasteiger partial charge in [0.05, 0.1) is 11.4 Å². The van der Waals surface area contributed by atoms with E-state index in [1.165, 1.54) is 6.42 Å². The number of nitrogens with zero attached hydrogens (tertiary/aromatic N) is 1. The van der Waals surface area contributed by atoms with E-state index in [9.17, 15) is 9.00 Å². The van der Waals surface area contributed by atoms with Gasteiger partial charge in [0.2, 0.25) is 5.91 Å². The summed E-state index contributed by atoms with van der Waals surface area (Å²) in [4.78, 5) is 13.8. The third-order valence-corrected chi connectivity index (χ3v) is 5.44. The van der Waals surface area contributed by atoms with Crippen LogP contribution >= 0.6 is 0 Å². The quantitative estimate of drug-likeness (QED) is 0.757. The van der Waals surface area contributed by atoms with E-state index >= 15 is 0 Å². The van der Waals surface area contributed by atoms with Gasteiger partial charge in [-0.3, -0.25) is 9.00 Å². The summed E-state index contributed by atoms with van der Waals surface area (Å²) in [5.74, 6) is 0.236. The topological polar surface area (TPSA) is 46.6 Å². The van der Waals surface area contributed by atoms with Gasteiger partial charge in [0.15, 0.2) is 0 Å². The number of hydrogen-bond donors (Lipinski definition) is 0. The number of ether oxygens (including phenoxy) is 1. The molecule has 98 valence electrons. The van der Waals surface area contributed by atoms with Crippen molar-refractivity contribution in [1.29, 1.82) is 0 Å².